The van der Waals surface area contributed by atoms with Gasteiger partial charge in [0.1, 0.15) is 5.60 Å². The molecule has 18 heavy (non-hydrogen) atoms. The van der Waals surface area contributed by atoms with E-state index in [1.807, 2.05) is 26.8 Å². The number of carbonyl (C=O) groups is 1. The molecular formula is C15H23NO2. The Bertz CT molecular complexity index is 394. The van der Waals surface area contributed by atoms with E-state index < -0.39 is 5.60 Å². The molecule has 1 aliphatic rings. The number of carbonyl (C=O) groups excluding carboxylic acids is 1. The second-order valence-electron chi connectivity index (χ2n) is 6.37. The largest absolute Gasteiger partial charge is 0.444 e. The summed E-state index contributed by atoms with van der Waals surface area (Å²) < 4.78 is 5.39. The summed E-state index contributed by atoms with van der Waals surface area (Å²) in [6.07, 6.45) is 7.73. The Morgan fingerprint density at radius 3 is 2.56 bits per heavy atom. The molecule has 1 rings (SSSR count). The Kier molecular flexibility index (Phi) is 4.11. The number of hydrogen-bond acceptors (Lipinski definition) is 2. The quantitative estimate of drug-likeness (QED) is 0.617. The van der Waals surface area contributed by atoms with E-state index in [0.29, 0.717) is 13.1 Å². The van der Waals surface area contributed by atoms with Gasteiger partial charge in [-0.2, -0.15) is 0 Å². The van der Waals surface area contributed by atoms with Crippen molar-refractivity contribution >= 4 is 6.09 Å². The van der Waals surface area contributed by atoms with Gasteiger partial charge in [0, 0.05) is 18.5 Å². The fraction of sp³-hybridized carbons (Fsp3) is 0.667. The van der Waals surface area contributed by atoms with Gasteiger partial charge in [-0.3, -0.25) is 0 Å². The van der Waals surface area contributed by atoms with E-state index in [-0.39, 0.29) is 11.5 Å². The molecule has 0 aromatic rings. The van der Waals surface area contributed by atoms with Crippen molar-refractivity contribution in [3.63, 3.8) is 0 Å². The molecule has 0 spiro atoms. The van der Waals surface area contributed by atoms with Crippen LogP contribution in [0.5, 0.6) is 0 Å². The maximum atomic E-state index is 12.0. The van der Waals surface area contributed by atoms with Gasteiger partial charge in [0.25, 0.3) is 0 Å². The van der Waals surface area contributed by atoms with Gasteiger partial charge >= 0.3 is 6.09 Å². The highest BCUT2D eigenvalue weighted by atomic mass is 16.6. The number of amides is 1. The van der Waals surface area contributed by atoms with Crippen molar-refractivity contribution in [1.82, 2.24) is 4.90 Å². The number of allylic oxidation sites excluding steroid dienone is 1. The molecule has 0 aromatic carbocycles. The van der Waals surface area contributed by atoms with E-state index in [2.05, 4.69) is 19.8 Å². The minimum absolute atomic E-state index is 0.0818. The molecule has 100 valence electrons. The zero-order valence-corrected chi connectivity index (χ0v) is 12.0. The molecule has 1 fully saturated rings. The molecule has 3 heteroatoms. The lowest BCUT2D eigenvalue weighted by atomic mass is 9.79. The third kappa shape index (κ3) is 3.80. The number of ether oxygens (including phenoxy) is 1. The monoisotopic (exact) mass is 249 g/mol. The highest BCUT2D eigenvalue weighted by molar-refractivity contribution is 5.68. The first-order chi connectivity index (χ1) is 8.15. The highest BCUT2D eigenvalue weighted by Crippen LogP contribution is 2.34. The Balaban J connectivity index is 2.73. The Hall–Kier alpha value is -1.43. The molecule has 0 saturated carbocycles. The molecule has 1 amide bonds. The molecule has 1 heterocycles. The van der Waals surface area contributed by atoms with E-state index in [9.17, 15) is 4.79 Å². The average molecular weight is 249 g/mol. The van der Waals surface area contributed by atoms with Crippen molar-refractivity contribution in [3.8, 4) is 12.3 Å². The molecular weight excluding hydrogens is 226 g/mol. The van der Waals surface area contributed by atoms with Gasteiger partial charge in [-0.05, 0) is 33.3 Å². The number of terminal acetylenes is 1. The molecule has 0 N–H and O–H groups in total. The molecule has 0 unspecified atom stereocenters. The lowest BCUT2D eigenvalue weighted by Gasteiger charge is -2.40. The third-order valence-electron chi connectivity index (χ3n) is 3.02. The van der Waals surface area contributed by atoms with Crippen LogP contribution in [0.15, 0.2) is 11.6 Å². The van der Waals surface area contributed by atoms with Crippen LogP contribution in [-0.4, -0.2) is 29.7 Å². The summed E-state index contributed by atoms with van der Waals surface area (Å²) in [5, 5.41) is 0. The average Bonchev–Trinajstić information content (AvgIpc) is 2.18. The Morgan fingerprint density at radius 1 is 1.50 bits per heavy atom. The Morgan fingerprint density at radius 2 is 2.11 bits per heavy atom. The van der Waals surface area contributed by atoms with E-state index >= 15 is 0 Å². The molecule has 0 radical (unpaired) electrons. The van der Waals surface area contributed by atoms with Gasteiger partial charge < -0.3 is 9.64 Å². The fourth-order valence-electron chi connectivity index (χ4n) is 2.10. The van der Waals surface area contributed by atoms with Gasteiger partial charge in [-0.15, -0.1) is 6.42 Å². The number of piperidine rings is 1. The van der Waals surface area contributed by atoms with Crippen molar-refractivity contribution in [3.05, 3.63) is 11.6 Å². The lowest BCUT2D eigenvalue weighted by Crippen LogP contribution is -2.46. The number of nitrogens with zero attached hydrogens (tertiary/aromatic N) is 1. The molecule has 0 aliphatic carbocycles. The zero-order valence-electron chi connectivity index (χ0n) is 12.0. The second kappa shape index (κ2) is 5.06. The minimum atomic E-state index is -0.448. The molecule has 0 atom stereocenters. The summed E-state index contributed by atoms with van der Waals surface area (Å²) in [7, 11) is 0. The van der Waals surface area contributed by atoms with Gasteiger partial charge in [0.05, 0.1) is 0 Å². The van der Waals surface area contributed by atoms with Crippen LogP contribution in [0.1, 0.15) is 41.0 Å². The normalized spacial score (nSPS) is 21.6. The first-order valence-corrected chi connectivity index (χ1v) is 6.29. The maximum Gasteiger partial charge on any atom is 0.410 e. The highest BCUT2D eigenvalue weighted by Gasteiger charge is 2.34. The standard InChI is InChI=1S/C15H23NO2/c1-7-8-12-9-10-16(11-15(12,5)6)13(17)18-14(2,3)4/h1,8H,9-11H2,2-6H3/b12-8+. The SMILES string of the molecule is C#C/C=C1\CCN(C(=O)OC(C)(C)C)CC1(C)C. The van der Waals surface area contributed by atoms with Crippen LogP contribution in [0.25, 0.3) is 0 Å². The van der Waals surface area contributed by atoms with Crippen LogP contribution in [-0.2, 0) is 4.74 Å². The first kappa shape index (κ1) is 14.6. The van der Waals surface area contributed by atoms with Crippen LogP contribution in [0.4, 0.5) is 4.79 Å². The molecule has 0 bridgehead atoms. The van der Waals surface area contributed by atoms with Crippen LogP contribution in [0.3, 0.4) is 0 Å². The van der Waals surface area contributed by atoms with Gasteiger partial charge in [-0.25, -0.2) is 4.79 Å². The van der Waals surface area contributed by atoms with Crippen molar-refractivity contribution in [2.24, 2.45) is 5.41 Å². The van der Waals surface area contributed by atoms with Crippen molar-refractivity contribution < 1.29 is 9.53 Å². The number of likely N-dealkylation sites (tertiary alicyclic amines) is 1. The van der Waals surface area contributed by atoms with Gasteiger partial charge in [0.15, 0.2) is 0 Å². The summed E-state index contributed by atoms with van der Waals surface area (Å²) in [6.45, 7) is 11.2. The van der Waals surface area contributed by atoms with Gasteiger partial charge in [0.2, 0.25) is 0 Å². The van der Waals surface area contributed by atoms with E-state index in [4.69, 9.17) is 11.2 Å². The summed E-state index contributed by atoms with van der Waals surface area (Å²) in [4.78, 5) is 13.8. The molecule has 3 nitrogen and oxygen atoms in total. The summed E-state index contributed by atoms with van der Waals surface area (Å²) in [5.41, 5.74) is 0.697. The second-order valence-corrected chi connectivity index (χ2v) is 6.37. The summed E-state index contributed by atoms with van der Waals surface area (Å²) in [5.74, 6) is 2.58. The number of hydrogen-bond donors (Lipinski definition) is 0. The van der Waals surface area contributed by atoms with Crippen molar-refractivity contribution in [2.45, 2.75) is 46.6 Å². The molecule has 0 aromatic heterocycles. The minimum Gasteiger partial charge on any atom is -0.444 e. The van der Waals surface area contributed by atoms with E-state index in [0.717, 1.165) is 6.42 Å². The van der Waals surface area contributed by atoms with Crippen LogP contribution in [0.2, 0.25) is 0 Å². The van der Waals surface area contributed by atoms with E-state index in [1.165, 1.54) is 5.57 Å². The number of rotatable bonds is 0. The third-order valence-corrected chi connectivity index (χ3v) is 3.02. The summed E-state index contributed by atoms with van der Waals surface area (Å²) >= 11 is 0. The van der Waals surface area contributed by atoms with Crippen LogP contribution < -0.4 is 0 Å². The van der Waals surface area contributed by atoms with Gasteiger partial charge in [-0.1, -0.05) is 25.3 Å². The Labute approximate surface area is 110 Å². The maximum absolute atomic E-state index is 12.0. The summed E-state index contributed by atoms with van der Waals surface area (Å²) in [6, 6.07) is 0. The van der Waals surface area contributed by atoms with E-state index in [1.54, 1.807) is 4.90 Å². The topological polar surface area (TPSA) is 29.5 Å². The van der Waals surface area contributed by atoms with Crippen LogP contribution >= 0.6 is 0 Å². The van der Waals surface area contributed by atoms with Crippen molar-refractivity contribution in [1.29, 1.82) is 0 Å². The molecule has 1 saturated heterocycles. The predicted octanol–water partition coefficient (Wildman–Crippen LogP) is 3.21. The fourth-order valence-corrected chi connectivity index (χ4v) is 2.10. The first-order valence-electron chi connectivity index (χ1n) is 6.29. The lowest BCUT2D eigenvalue weighted by molar-refractivity contribution is 0.0157. The van der Waals surface area contributed by atoms with Crippen molar-refractivity contribution in [2.75, 3.05) is 13.1 Å². The predicted molar refractivity (Wildman–Crippen MR) is 73.1 cm³/mol. The van der Waals surface area contributed by atoms with Crippen LogP contribution in [0, 0.1) is 17.8 Å². The zero-order chi connectivity index (χ0) is 14.0. The molecule has 1 aliphatic heterocycles. The smallest absolute Gasteiger partial charge is 0.410 e.